The van der Waals surface area contributed by atoms with Gasteiger partial charge in [-0.2, -0.15) is 4.98 Å². The molecule has 0 aliphatic carbocycles. The van der Waals surface area contributed by atoms with E-state index in [1.54, 1.807) is 0 Å². The molecule has 150 valence electrons. The number of benzene rings is 1. The van der Waals surface area contributed by atoms with Crippen LogP contribution in [0.25, 0.3) is 0 Å². The highest BCUT2D eigenvalue weighted by atomic mass is 16.1. The molecule has 0 atom stereocenters. The number of hydrogen-bond acceptors (Lipinski definition) is 6. The molecule has 2 aromatic rings. The number of amides is 1. The predicted octanol–water partition coefficient (Wildman–Crippen LogP) is 2.68. The van der Waals surface area contributed by atoms with Crippen molar-refractivity contribution in [3.05, 3.63) is 41.6 Å². The molecule has 1 fully saturated rings. The molecule has 7 heteroatoms. The monoisotopic (exact) mass is 382 g/mol. The summed E-state index contributed by atoms with van der Waals surface area (Å²) in [5.41, 5.74) is 2.67. The topological polar surface area (TPSA) is 73.4 Å². The summed E-state index contributed by atoms with van der Waals surface area (Å²) in [6.07, 6.45) is 3.73. The Kier molecular flexibility index (Phi) is 6.68. The molecule has 1 saturated heterocycles. The number of aromatic nitrogens is 2. The fourth-order valence-corrected chi connectivity index (χ4v) is 3.28. The molecule has 2 N–H and O–H groups in total. The van der Waals surface area contributed by atoms with Gasteiger partial charge in [-0.1, -0.05) is 0 Å². The van der Waals surface area contributed by atoms with E-state index in [1.807, 2.05) is 56.3 Å². The maximum Gasteiger partial charge on any atom is 0.251 e. The second kappa shape index (κ2) is 9.39. The zero-order chi connectivity index (χ0) is 19.9. The quantitative estimate of drug-likeness (QED) is 0.718. The molecule has 3 rings (SSSR count). The summed E-state index contributed by atoms with van der Waals surface area (Å²) in [5, 5.41) is 6.16. The van der Waals surface area contributed by atoms with Crippen LogP contribution in [0.5, 0.6) is 0 Å². The molecule has 0 bridgehead atoms. The van der Waals surface area contributed by atoms with E-state index in [0.29, 0.717) is 24.6 Å². The minimum Gasteiger partial charge on any atom is -0.378 e. The molecule has 1 aliphatic rings. The molecule has 1 aliphatic heterocycles. The lowest BCUT2D eigenvalue weighted by Gasteiger charge is -2.28. The highest BCUT2D eigenvalue weighted by molar-refractivity contribution is 5.94. The summed E-state index contributed by atoms with van der Waals surface area (Å²) in [6.45, 7) is 5.17. The van der Waals surface area contributed by atoms with Crippen LogP contribution in [0.15, 0.2) is 30.3 Å². The lowest BCUT2D eigenvalue weighted by Crippen LogP contribution is -2.31. The van der Waals surface area contributed by atoms with Crippen molar-refractivity contribution in [2.45, 2.75) is 26.2 Å². The van der Waals surface area contributed by atoms with Gasteiger partial charge < -0.3 is 20.4 Å². The van der Waals surface area contributed by atoms with E-state index in [1.165, 1.54) is 19.3 Å². The van der Waals surface area contributed by atoms with Crippen molar-refractivity contribution >= 4 is 23.4 Å². The molecule has 0 unspecified atom stereocenters. The largest absolute Gasteiger partial charge is 0.378 e. The van der Waals surface area contributed by atoms with Gasteiger partial charge in [0.25, 0.3) is 5.91 Å². The summed E-state index contributed by atoms with van der Waals surface area (Å²) in [4.78, 5) is 25.7. The van der Waals surface area contributed by atoms with Gasteiger partial charge in [0.1, 0.15) is 5.82 Å². The second-order valence-electron chi connectivity index (χ2n) is 7.36. The molecule has 0 saturated carbocycles. The van der Waals surface area contributed by atoms with Crippen molar-refractivity contribution in [3.8, 4) is 0 Å². The van der Waals surface area contributed by atoms with E-state index < -0.39 is 0 Å². The van der Waals surface area contributed by atoms with Gasteiger partial charge >= 0.3 is 0 Å². The third-order valence-electron chi connectivity index (χ3n) is 4.86. The summed E-state index contributed by atoms with van der Waals surface area (Å²) < 4.78 is 0. The Balaban J connectivity index is 1.49. The van der Waals surface area contributed by atoms with Crippen molar-refractivity contribution in [2.24, 2.45) is 0 Å². The highest BCUT2D eigenvalue weighted by Crippen LogP contribution is 2.19. The fourth-order valence-electron chi connectivity index (χ4n) is 3.28. The third kappa shape index (κ3) is 5.34. The van der Waals surface area contributed by atoms with Gasteiger partial charge in [-0.15, -0.1) is 0 Å². The van der Waals surface area contributed by atoms with Gasteiger partial charge in [0, 0.05) is 63.3 Å². The van der Waals surface area contributed by atoms with Gasteiger partial charge in [-0.3, -0.25) is 4.79 Å². The number of carbonyl (C=O) groups is 1. The Hall–Kier alpha value is -2.83. The molecule has 7 nitrogen and oxygen atoms in total. The molecular weight excluding hydrogens is 352 g/mol. The van der Waals surface area contributed by atoms with Crippen LogP contribution in [0, 0.1) is 6.92 Å². The molecule has 0 radical (unpaired) electrons. The average molecular weight is 383 g/mol. The molecule has 28 heavy (non-hydrogen) atoms. The molecule has 2 heterocycles. The summed E-state index contributed by atoms with van der Waals surface area (Å²) >= 11 is 0. The van der Waals surface area contributed by atoms with Crippen LogP contribution >= 0.6 is 0 Å². The zero-order valence-electron chi connectivity index (χ0n) is 17.0. The lowest BCUT2D eigenvalue weighted by atomic mass is 10.1. The summed E-state index contributed by atoms with van der Waals surface area (Å²) in [6, 6.07) is 9.60. The van der Waals surface area contributed by atoms with E-state index in [9.17, 15) is 4.79 Å². The Morgan fingerprint density at radius 1 is 1.07 bits per heavy atom. The number of nitrogens with zero attached hydrogens (tertiary/aromatic N) is 4. The zero-order valence-corrected chi connectivity index (χ0v) is 17.0. The Bertz CT molecular complexity index is 784. The van der Waals surface area contributed by atoms with Gasteiger partial charge in [0.15, 0.2) is 0 Å². The van der Waals surface area contributed by atoms with Gasteiger partial charge in [0.2, 0.25) is 5.95 Å². The van der Waals surface area contributed by atoms with Crippen LogP contribution in [0.2, 0.25) is 0 Å². The second-order valence-corrected chi connectivity index (χ2v) is 7.36. The van der Waals surface area contributed by atoms with E-state index in [0.717, 1.165) is 30.3 Å². The number of hydrogen-bond donors (Lipinski definition) is 2. The van der Waals surface area contributed by atoms with E-state index in [2.05, 4.69) is 25.5 Å². The minimum atomic E-state index is -0.0775. The van der Waals surface area contributed by atoms with Crippen molar-refractivity contribution < 1.29 is 4.79 Å². The van der Waals surface area contributed by atoms with Crippen molar-refractivity contribution in [3.63, 3.8) is 0 Å². The minimum absolute atomic E-state index is 0.0775. The smallest absolute Gasteiger partial charge is 0.251 e. The maximum atomic E-state index is 12.3. The SMILES string of the molecule is Cc1cc(N2CCCCC2)nc(NCCNC(=O)c2ccc(N(C)C)cc2)n1. The first-order valence-electron chi connectivity index (χ1n) is 9.93. The number of aryl methyl sites for hydroxylation is 1. The number of piperidine rings is 1. The van der Waals surface area contributed by atoms with Gasteiger partial charge in [-0.25, -0.2) is 4.98 Å². The van der Waals surface area contributed by atoms with Crippen LogP contribution in [-0.2, 0) is 0 Å². The van der Waals surface area contributed by atoms with Crippen molar-refractivity contribution in [1.29, 1.82) is 0 Å². The van der Waals surface area contributed by atoms with Gasteiger partial charge in [-0.05, 0) is 50.5 Å². The first-order chi connectivity index (χ1) is 13.5. The van der Waals surface area contributed by atoms with E-state index >= 15 is 0 Å². The standard InChI is InChI=1S/C21H30N6O/c1-16-15-19(27-13-5-4-6-14-27)25-21(24-16)23-12-11-22-20(28)17-7-9-18(10-8-17)26(2)3/h7-10,15H,4-6,11-14H2,1-3H3,(H,22,28)(H,23,24,25). The average Bonchev–Trinajstić information content (AvgIpc) is 2.71. The third-order valence-corrected chi connectivity index (χ3v) is 4.86. The van der Waals surface area contributed by atoms with Crippen LogP contribution in [0.3, 0.4) is 0 Å². The van der Waals surface area contributed by atoms with Crippen LogP contribution < -0.4 is 20.4 Å². The number of rotatable bonds is 7. The summed E-state index contributed by atoms with van der Waals surface area (Å²) in [5.74, 6) is 1.52. The Morgan fingerprint density at radius 2 is 1.79 bits per heavy atom. The first kappa shape index (κ1) is 19.9. The maximum absolute atomic E-state index is 12.3. The Morgan fingerprint density at radius 3 is 2.46 bits per heavy atom. The lowest BCUT2D eigenvalue weighted by molar-refractivity contribution is 0.0955. The van der Waals surface area contributed by atoms with Crippen LogP contribution in [0.1, 0.15) is 35.3 Å². The van der Waals surface area contributed by atoms with Crippen LogP contribution in [0.4, 0.5) is 17.5 Å². The van der Waals surface area contributed by atoms with Crippen LogP contribution in [-0.4, -0.2) is 56.1 Å². The molecular formula is C21H30N6O. The number of carbonyl (C=O) groups excluding carboxylic acids is 1. The van der Waals surface area contributed by atoms with Gasteiger partial charge in [0.05, 0.1) is 0 Å². The molecule has 0 spiro atoms. The fraction of sp³-hybridized carbons (Fsp3) is 0.476. The molecule has 1 aromatic carbocycles. The highest BCUT2D eigenvalue weighted by Gasteiger charge is 2.14. The van der Waals surface area contributed by atoms with Crippen molar-refractivity contribution in [1.82, 2.24) is 15.3 Å². The Labute approximate surface area is 167 Å². The summed E-state index contributed by atoms with van der Waals surface area (Å²) in [7, 11) is 3.95. The van der Waals surface area contributed by atoms with E-state index in [-0.39, 0.29) is 5.91 Å². The molecule has 1 amide bonds. The normalized spacial score (nSPS) is 13.9. The number of nitrogens with one attached hydrogen (secondary N) is 2. The molecule has 1 aromatic heterocycles. The number of anilines is 3. The van der Waals surface area contributed by atoms with E-state index in [4.69, 9.17) is 0 Å². The first-order valence-corrected chi connectivity index (χ1v) is 9.93. The van der Waals surface area contributed by atoms with Crippen molar-refractivity contribution in [2.75, 3.05) is 55.4 Å². The predicted molar refractivity (Wildman–Crippen MR) is 114 cm³/mol.